The summed E-state index contributed by atoms with van der Waals surface area (Å²) < 4.78 is 23.4. The minimum atomic E-state index is -3.91. The van der Waals surface area contributed by atoms with E-state index in [4.69, 9.17) is 5.14 Å². The highest BCUT2D eigenvalue weighted by Crippen LogP contribution is 2.20. The number of nitrogens with one attached hydrogen (secondary N) is 2. The SMILES string of the molecule is Cc1ccccc1C(=O)N[C@H](CC(C)C)C(=O)Nc1ccc(C)c(S(N)(=O)=O)c1. The fraction of sp³-hybridized carbons (Fsp3) is 0.333. The fourth-order valence-corrected chi connectivity index (χ4v) is 3.79. The molecule has 0 aliphatic carbocycles. The Bertz CT molecular complexity index is 1020. The van der Waals surface area contributed by atoms with Crippen LogP contribution in [0.3, 0.4) is 0 Å². The van der Waals surface area contributed by atoms with Crippen LogP contribution in [0.1, 0.15) is 41.8 Å². The topological polar surface area (TPSA) is 118 Å². The molecule has 0 spiro atoms. The molecule has 8 heteroatoms. The number of nitrogens with two attached hydrogens (primary N) is 1. The van der Waals surface area contributed by atoms with Crippen molar-refractivity contribution in [2.75, 3.05) is 5.32 Å². The number of hydrogen-bond donors (Lipinski definition) is 3. The van der Waals surface area contributed by atoms with Gasteiger partial charge in [-0.15, -0.1) is 0 Å². The fourth-order valence-electron chi connectivity index (χ4n) is 2.98. The minimum Gasteiger partial charge on any atom is -0.340 e. The summed E-state index contributed by atoms with van der Waals surface area (Å²) in [6.07, 6.45) is 0.428. The highest BCUT2D eigenvalue weighted by Gasteiger charge is 2.24. The van der Waals surface area contributed by atoms with Gasteiger partial charge in [-0.3, -0.25) is 9.59 Å². The second kappa shape index (κ2) is 9.19. The molecule has 0 saturated carbocycles. The molecule has 0 saturated heterocycles. The van der Waals surface area contributed by atoms with Crippen molar-refractivity contribution in [1.82, 2.24) is 5.32 Å². The molecule has 0 fully saturated rings. The summed E-state index contributed by atoms with van der Waals surface area (Å²) in [5.74, 6) is -0.608. The van der Waals surface area contributed by atoms with Crippen molar-refractivity contribution < 1.29 is 18.0 Å². The Balaban J connectivity index is 2.24. The molecule has 0 bridgehead atoms. The number of aryl methyl sites for hydroxylation is 2. The predicted molar refractivity (Wildman–Crippen MR) is 113 cm³/mol. The second-order valence-corrected chi connectivity index (χ2v) is 9.01. The van der Waals surface area contributed by atoms with E-state index in [1.165, 1.54) is 6.07 Å². The predicted octanol–water partition coefficient (Wildman–Crippen LogP) is 2.73. The van der Waals surface area contributed by atoms with Crippen molar-refractivity contribution in [2.24, 2.45) is 11.1 Å². The summed E-state index contributed by atoms with van der Waals surface area (Å²) in [7, 11) is -3.91. The Morgan fingerprint density at radius 2 is 1.69 bits per heavy atom. The maximum Gasteiger partial charge on any atom is 0.252 e. The van der Waals surface area contributed by atoms with Crippen LogP contribution < -0.4 is 15.8 Å². The Kier molecular flexibility index (Phi) is 7.16. The molecule has 0 unspecified atom stereocenters. The maximum absolute atomic E-state index is 12.8. The average molecular weight is 418 g/mol. The van der Waals surface area contributed by atoms with E-state index in [2.05, 4.69) is 10.6 Å². The highest BCUT2D eigenvalue weighted by molar-refractivity contribution is 7.89. The van der Waals surface area contributed by atoms with Gasteiger partial charge < -0.3 is 10.6 Å². The van der Waals surface area contributed by atoms with Gasteiger partial charge in [0.25, 0.3) is 5.91 Å². The molecule has 0 aliphatic rings. The molecule has 0 aliphatic heterocycles. The summed E-state index contributed by atoms with van der Waals surface area (Å²) in [5.41, 5.74) is 2.09. The summed E-state index contributed by atoms with van der Waals surface area (Å²) in [4.78, 5) is 25.4. The van der Waals surface area contributed by atoms with Gasteiger partial charge in [-0.05, 0) is 55.5 Å². The van der Waals surface area contributed by atoms with Gasteiger partial charge in [0.1, 0.15) is 6.04 Å². The van der Waals surface area contributed by atoms with Gasteiger partial charge in [-0.25, -0.2) is 13.6 Å². The van der Waals surface area contributed by atoms with Crippen LogP contribution in [0.5, 0.6) is 0 Å². The first-order valence-corrected chi connectivity index (χ1v) is 10.8. The Morgan fingerprint density at radius 1 is 1.03 bits per heavy atom. The van der Waals surface area contributed by atoms with Gasteiger partial charge in [0.15, 0.2) is 0 Å². The van der Waals surface area contributed by atoms with Crippen molar-refractivity contribution in [3.05, 3.63) is 59.2 Å². The van der Waals surface area contributed by atoms with Crippen LogP contribution in [0.15, 0.2) is 47.4 Å². The lowest BCUT2D eigenvalue weighted by molar-refractivity contribution is -0.118. The quantitative estimate of drug-likeness (QED) is 0.642. The minimum absolute atomic E-state index is 0.0559. The lowest BCUT2D eigenvalue weighted by Gasteiger charge is -2.21. The molecule has 2 amide bonds. The standard InChI is InChI=1S/C21H27N3O4S/c1-13(2)11-18(24-20(25)17-8-6-5-7-14(17)3)21(26)23-16-10-9-15(4)19(12-16)29(22,27)28/h5-10,12-13,18H,11H2,1-4H3,(H,23,26)(H,24,25)(H2,22,27,28)/t18-/m1/s1. The lowest BCUT2D eigenvalue weighted by Crippen LogP contribution is -2.44. The number of primary sulfonamides is 1. The Hall–Kier alpha value is -2.71. The largest absolute Gasteiger partial charge is 0.340 e. The van der Waals surface area contributed by atoms with E-state index in [9.17, 15) is 18.0 Å². The number of carbonyl (C=O) groups excluding carboxylic acids is 2. The van der Waals surface area contributed by atoms with Crippen LogP contribution in [0.2, 0.25) is 0 Å². The van der Waals surface area contributed by atoms with E-state index < -0.39 is 22.0 Å². The second-order valence-electron chi connectivity index (χ2n) is 7.49. The van der Waals surface area contributed by atoms with Crippen molar-refractivity contribution in [3.8, 4) is 0 Å². The molecule has 2 aromatic carbocycles. The van der Waals surface area contributed by atoms with Crippen LogP contribution in [0.4, 0.5) is 5.69 Å². The number of rotatable bonds is 7. The van der Waals surface area contributed by atoms with Gasteiger partial charge in [0.2, 0.25) is 15.9 Å². The zero-order valence-electron chi connectivity index (χ0n) is 17.0. The van der Waals surface area contributed by atoms with E-state index in [0.717, 1.165) is 5.56 Å². The van der Waals surface area contributed by atoms with Crippen LogP contribution in [0, 0.1) is 19.8 Å². The molecule has 2 rings (SSSR count). The van der Waals surface area contributed by atoms with E-state index >= 15 is 0 Å². The third kappa shape index (κ3) is 6.13. The Labute approximate surface area is 171 Å². The number of sulfonamides is 1. The molecule has 7 nitrogen and oxygen atoms in total. The van der Waals surface area contributed by atoms with Crippen molar-refractivity contribution >= 4 is 27.5 Å². The molecule has 156 valence electrons. The van der Waals surface area contributed by atoms with Crippen molar-refractivity contribution in [3.63, 3.8) is 0 Å². The third-order valence-electron chi connectivity index (χ3n) is 4.48. The third-order valence-corrected chi connectivity index (χ3v) is 5.53. The number of benzene rings is 2. The highest BCUT2D eigenvalue weighted by atomic mass is 32.2. The van der Waals surface area contributed by atoms with E-state index in [1.54, 1.807) is 31.2 Å². The number of carbonyl (C=O) groups is 2. The molecular formula is C21H27N3O4S. The lowest BCUT2D eigenvalue weighted by atomic mass is 10.0. The summed E-state index contributed by atoms with van der Waals surface area (Å²) >= 11 is 0. The molecule has 4 N–H and O–H groups in total. The van der Waals surface area contributed by atoms with E-state index in [1.807, 2.05) is 32.9 Å². The number of hydrogen-bond acceptors (Lipinski definition) is 4. The zero-order chi connectivity index (χ0) is 21.8. The first-order valence-electron chi connectivity index (χ1n) is 9.30. The number of anilines is 1. The molecular weight excluding hydrogens is 390 g/mol. The van der Waals surface area contributed by atoms with E-state index in [-0.39, 0.29) is 16.7 Å². The van der Waals surface area contributed by atoms with Crippen LogP contribution in [-0.2, 0) is 14.8 Å². The van der Waals surface area contributed by atoms with Gasteiger partial charge in [-0.1, -0.05) is 38.1 Å². The van der Waals surface area contributed by atoms with Gasteiger partial charge >= 0.3 is 0 Å². The first kappa shape index (κ1) is 22.6. The first-order chi connectivity index (χ1) is 13.5. The molecule has 0 heterocycles. The van der Waals surface area contributed by atoms with Gasteiger partial charge in [-0.2, -0.15) is 0 Å². The summed E-state index contributed by atoms with van der Waals surface area (Å²) in [5, 5.41) is 10.7. The van der Waals surface area contributed by atoms with Crippen LogP contribution >= 0.6 is 0 Å². The van der Waals surface area contributed by atoms with Crippen LogP contribution in [0.25, 0.3) is 0 Å². The van der Waals surface area contributed by atoms with Crippen molar-refractivity contribution in [2.45, 2.75) is 45.1 Å². The zero-order valence-corrected chi connectivity index (χ0v) is 17.8. The van der Waals surface area contributed by atoms with Crippen molar-refractivity contribution in [1.29, 1.82) is 0 Å². The van der Waals surface area contributed by atoms with Gasteiger partial charge in [0, 0.05) is 11.3 Å². The van der Waals surface area contributed by atoms with E-state index in [0.29, 0.717) is 23.2 Å². The average Bonchev–Trinajstić information content (AvgIpc) is 2.61. The monoisotopic (exact) mass is 417 g/mol. The smallest absolute Gasteiger partial charge is 0.252 e. The molecule has 0 aromatic heterocycles. The molecule has 0 radical (unpaired) electrons. The Morgan fingerprint density at radius 3 is 2.28 bits per heavy atom. The molecule has 2 aromatic rings. The number of amides is 2. The maximum atomic E-state index is 12.8. The summed E-state index contributed by atoms with van der Waals surface area (Å²) in [6.45, 7) is 7.35. The normalized spacial score (nSPS) is 12.5. The summed E-state index contributed by atoms with van der Waals surface area (Å²) in [6, 6.07) is 10.8. The van der Waals surface area contributed by atoms with Gasteiger partial charge in [0.05, 0.1) is 4.90 Å². The molecule has 29 heavy (non-hydrogen) atoms. The molecule has 1 atom stereocenters. The van der Waals surface area contributed by atoms with Crippen LogP contribution in [-0.4, -0.2) is 26.3 Å².